The maximum atomic E-state index is 12.9. The summed E-state index contributed by atoms with van der Waals surface area (Å²) in [6.45, 7) is 28.4. The topological polar surface area (TPSA) is 358 Å². The standard InChI is InChI=1S/C46H77NO13.C21H44O5/c1-24(2)19-35-45(59)40(46(60)47(35)11)44(58)26(4)16-18-34(50)23-33(49)17-15-25(3)42(56)31(9)36(51)13-12-14-37(52)32(10)43(57)28(6)20-27(5)41(55)29(7)21-38(53)39(54)22-30(8)48;1-7-19(24)14(4)8-10-17(22)12-18(23)11-9-15(5)21(26)16(6)20(25)13(2)3/h16,19-21,24-25,27,30-34,36-39,42-43,48-54,56-58H,12-15,17-18,22-23H2,1-11H3;13-26H,7-12H2,1-6H3/b26-16+,28-20+,29-21+,35-19-,44-40?;. The van der Waals surface area contributed by atoms with Gasteiger partial charge in [-0.3, -0.25) is 14.4 Å². The number of nitrogens with zero attached hydrogens (tertiary/aromatic N) is 1. The Bertz CT molecular complexity index is 2140. The number of carbonyl (C=O) groups excluding carboxylic acids is 3. The van der Waals surface area contributed by atoms with Crippen molar-refractivity contribution in [3.63, 3.8) is 0 Å². The lowest BCUT2D eigenvalue weighted by molar-refractivity contribution is -0.123. The molecule has 0 spiro atoms. The van der Waals surface area contributed by atoms with Gasteiger partial charge < -0.3 is 81.5 Å². The van der Waals surface area contributed by atoms with Crippen molar-refractivity contribution in [2.45, 2.75) is 286 Å². The van der Waals surface area contributed by atoms with Gasteiger partial charge in [0.1, 0.15) is 11.3 Å². The SMILES string of the molecule is C/C(=C\C(O)C(O)CC(C)O)C(=O)C(C)/C=C(\C)C(O)C(C)C(O)CCCC(O)C(C)C(O)C(C)CCC(O)CC(O)C/C=C(\C)C(O)=C1C(=O)/C(=C/C(C)C)N(C)C1=O.CCC(O)C(C)CCC(O)CC(O)CCC(C)C(O)C(C)C(O)C(C)C. The van der Waals surface area contributed by atoms with Crippen LogP contribution in [0.2, 0.25) is 0 Å². The van der Waals surface area contributed by atoms with E-state index in [0.29, 0.717) is 50.5 Å². The Balaban J connectivity index is 0.00000232. The lowest BCUT2D eigenvalue weighted by Crippen LogP contribution is -2.37. The predicted molar refractivity (Wildman–Crippen MR) is 336 cm³/mol. The zero-order valence-electron chi connectivity index (χ0n) is 55.4. The molecule has 21 atom stereocenters. The number of allylic oxidation sites excluding steroid dienone is 5. The minimum absolute atomic E-state index is 0.0146. The molecule has 0 bridgehead atoms. The molecule has 502 valence electrons. The number of amides is 1. The van der Waals surface area contributed by atoms with Gasteiger partial charge in [-0.15, -0.1) is 0 Å². The minimum Gasteiger partial charge on any atom is -0.507 e. The summed E-state index contributed by atoms with van der Waals surface area (Å²) in [5.74, 6) is -3.97. The number of carbonyl (C=O) groups is 3. The van der Waals surface area contributed by atoms with Crippen LogP contribution in [0.15, 0.2) is 58.1 Å². The molecule has 19 nitrogen and oxygen atoms in total. The summed E-state index contributed by atoms with van der Waals surface area (Å²) >= 11 is 0. The van der Waals surface area contributed by atoms with Gasteiger partial charge in [0, 0.05) is 37.1 Å². The van der Waals surface area contributed by atoms with Gasteiger partial charge in [-0.05, 0) is 164 Å². The second-order valence-electron chi connectivity index (χ2n) is 26.4. The molecule has 1 aliphatic heterocycles. The molecule has 86 heavy (non-hydrogen) atoms. The number of likely N-dealkylation sites (N-methyl/N-ethyl adjacent to an activating group) is 1. The van der Waals surface area contributed by atoms with Gasteiger partial charge in [0.05, 0.1) is 91.2 Å². The zero-order chi connectivity index (χ0) is 66.8. The number of hydrogen-bond donors (Lipinski definition) is 15. The van der Waals surface area contributed by atoms with Crippen LogP contribution >= 0.6 is 0 Å². The van der Waals surface area contributed by atoms with Gasteiger partial charge >= 0.3 is 0 Å². The molecule has 1 aliphatic rings. The molecule has 1 fully saturated rings. The Morgan fingerprint density at radius 1 is 0.523 bits per heavy atom. The summed E-state index contributed by atoms with van der Waals surface area (Å²) in [4.78, 5) is 39.6. The van der Waals surface area contributed by atoms with Crippen molar-refractivity contribution in [2.75, 3.05) is 7.05 Å². The number of likely N-dealkylation sites (tertiary alicyclic amines) is 1. The van der Waals surface area contributed by atoms with E-state index in [-0.39, 0.29) is 108 Å². The van der Waals surface area contributed by atoms with Crippen molar-refractivity contribution in [1.82, 2.24) is 4.90 Å². The fourth-order valence-corrected chi connectivity index (χ4v) is 11.0. The first-order valence-corrected chi connectivity index (χ1v) is 31.8. The molecule has 15 N–H and O–H groups in total. The van der Waals surface area contributed by atoms with Gasteiger partial charge in [-0.2, -0.15) is 0 Å². The Labute approximate surface area is 516 Å². The number of hydrogen-bond acceptors (Lipinski definition) is 18. The lowest BCUT2D eigenvalue weighted by Gasteiger charge is -2.31. The highest BCUT2D eigenvalue weighted by Crippen LogP contribution is 2.31. The minimum atomic E-state index is -1.33. The van der Waals surface area contributed by atoms with Crippen LogP contribution in [0.1, 0.15) is 201 Å². The molecular formula is C67H121NO18. The third-order valence-corrected chi connectivity index (χ3v) is 17.5. The smallest absolute Gasteiger partial charge is 0.265 e. The summed E-state index contributed by atoms with van der Waals surface area (Å²) in [5.41, 5.74) is 0.834. The lowest BCUT2D eigenvalue weighted by atomic mass is 9.82. The van der Waals surface area contributed by atoms with Crippen molar-refractivity contribution in [1.29, 1.82) is 0 Å². The second kappa shape index (κ2) is 41.2. The van der Waals surface area contributed by atoms with E-state index in [9.17, 15) is 91.0 Å². The number of aliphatic hydroxyl groups is 15. The second-order valence-corrected chi connectivity index (χ2v) is 26.4. The van der Waals surface area contributed by atoms with E-state index in [0.717, 1.165) is 6.42 Å². The van der Waals surface area contributed by atoms with Crippen LogP contribution in [-0.2, 0) is 14.4 Å². The van der Waals surface area contributed by atoms with E-state index in [1.165, 1.54) is 44.9 Å². The zero-order valence-corrected chi connectivity index (χ0v) is 55.4. The van der Waals surface area contributed by atoms with E-state index in [4.69, 9.17) is 0 Å². The molecule has 1 rings (SSSR count). The van der Waals surface area contributed by atoms with Gasteiger partial charge in [0.2, 0.25) is 5.78 Å². The molecule has 0 aromatic carbocycles. The summed E-state index contributed by atoms with van der Waals surface area (Å²) < 4.78 is 0. The Morgan fingerprint density at radius 2 is 0.988 bits per heavy atom. The molecule has 1 heterocycles. The summed E-state index contributed by atoms with van der Waals surface area (Å²) in [6.07, 6.45) is -0.454. The molecule has 1 saturated heterocycles. The summed E-state index contributed by atoms with van der Waals surface area (Å²) in [7, 11) is 1.47. The van der Waals surface area contributed by atoms with Crippen LogP contribution in [-0.4, -0.2) is 191 Å². The van der Waals surface area contributed by atoms with E-state index in [1.54, 1.807) is 39.8 Å². The third kappa shape index (κ3) is 29.1. The van der Waals surface area contributed by atoms with Crippen molar-refractivity contribution >= 4 is 17.5 Å². The monoisotopic (exact) mass is 1230 g/mol. The molecule has 19 heteroatoms. The van der Waals surface area contributed by atoms with Crippen molar-refractivity contribution in [2.24, 2.45) is 53.3 Å². The fraction of sp³-hybridized carbons (Fsp3) is 0.806. The largest absolute Gasteiger partial charge is 0.507 e. The number of aliphatic hydroxyl groups excluding tert-OH is 15. The van der Waals surface area contributed by atoms with Gasteiger partial charge in [0.15, 0.2) is 5.78 Å². The highest BCUT2D eigenvalue weighted by Gasteiger charge is 2.40. The Hall–Kier alpha value is -3.25. The van der Waals surface area contributed by atoms with E-state index in [1.807, 2.05) is 62.3 Å². The molecule has 0 aromatic rings. The highest BCUT2D eigenvalue weighted by atomic mass is 16.3. The van der Waals surface area contributed by atoms with Crippen LogP contribution in [0.5, 0.6) is 0 Å². The molecule has 0 aromatic heterocycles. The molecule has 21 unspecified atom stereocenters. The first-order valence-electron chi connectivity index (χ1n) is 31.8. The third-order valence-electron chi connectivity index (χ3n) is 17.5. The van der Waals surface area contributed by atoms with Crippen LogP contribution in [0.4, 0.5) is 0 Å². The molecule has 0 aliphatic carbocycles. The quantitative estimate of drug-likeness (QED) is 0.0136. The van der Waals surface area contributed by atoms with Gasteiger partial charge in [0.25, 0.3) is 5.91 Å². The van der Waals surface area contributed by atoms with Crippen LogP contribution in [0.3, 0.4) is 0 Å². The van der Waals surface area contributed by atoms with E-state index in [2.05, 4.69) is 0 Å². The number of ketones is 2. The van der Waals surface area contributed by atoms with Crippen LogP contribution in [0.25, 0.3) is 0 Å². The molecule has 0 radical (unpaired) electrons. The molecular weight excluding hydrogens is 1110 g/mol. The van der Waals surface area contributed by atoms with E-state index >= 15 is 0 Å². The number of Topliss-reactive ketones (excluding diaryl/α,β-unsaturated/α-hetero) is 2. The van der Waals surface area contributed by atoms with E-state index < -0.39 is 115 Å². The Kier molecular flexibility index (Phi) is 39.6. The fourth-order valence-electron chi connectivity index (χ4n) is 11.0. The molecule has 1 amide bonds. The first kappa shape index (κ1) is 82.8. The predicted octanol–water partition coefficient (Wildman–Crippen LogP) is 6.44. The normalized spacial score (nSPS) is 22.5. The van der Waals surface area contributed by atoms with Crippen LogP contribution < -0.4 is 0 Å². The average molecular weight is 1230 g/mol. The Morgan fingerprint density at radius 3 is 1.45 bits per heavy atom. The maximum Gasteiger partial charge on any atom is 0.265 e. The van der Waals surface area contributed by atoms with Crippen molar-refractivity contribution in [3.8, 4) is 0 Å². The average Bonchev–Trinajstić information content (AvgIpc) is 3.62. The molecule has 0 saturated carbocycles. The van der Waals surface area contributed by atoms with Crippen LogP contribution in [0, 0.1) is 53.3 Å². The maximum absolute atomic E-state index is 12.9. The summed E-state index contributed by atoms with van der Waals surface area (Å²) in [5, 5.41) is 156. The highest BCUT2D eigenvalue weighted by molar-refractivity contribution is 6.32. The van der Waals surface area contributed by atoms with Crippen molar-refractivity contribution in [3.05, 3.63) is 58.1 Å². The number of rotatable bonds is 40. The van der Waals surface area contributed by atoms with Crippen molar-refractivity contribution < 1.29 is 91.0 Å². The van der Waals surface area contributed by atoms with Gasteiger partial charge in [-0.1, -0.05) is 101 Å². The first-order chi connectivity index (χ1) is 39.7. The van der Waals surface area contributed by atoms with Gasteiger partial charge in [-0.25, -0.2) is 0 Å². The summed E-state index contributed by atoms with van der Waals surface area (Å²) in [6, 6.07) is 0.